The van der Waals surface area contributed by atoms with E-state index < -0.39 is 0 Å². The summed E-state index contributed by atoms with van der Waals surface area (Å²) in [6.45, 7) is 7.63. The van der Waals surface area contributed by atoms with Crippen molar-refractivity contribution >= 4 is 0 Å². The van der Waals surface area contributed by atoms with Crippen molar-refractivity contribution in [2.45, 2.75) is 96.9 Å². The van der Waals surface area contributed by atoms with Crippen molar-refractivity contribution in [3.63, 3.8) is 0 Å². The van der Waals surface area contributed by atoms with Crippen LogP contribution in [0.4, 0.5) is 0 Å². The lowest BCUT2D eigenvalue weighted by atomic mass is 10.0. The second-order valence-electron chi connectivity index (χ2n) is 6.38. The molecular weight excluding hydrogens is 254 g/mol. The summed E-state index contributed by atoms with van der Waals surface area (Å²) in [6.07, 6.45) is 17.5. The minimum Gasteiger partial charge on any atom is -1.00 e. The van der Waals surface area contributed by atoms with Crippen molar-refractivity contribution < 1.29 is 17.3 Å². The van der Waals surface area contributed by atoms with Crippen LogP contribution < -0.4 is 17.3 Å². The summed E-state index contributed by atoms with van der Waals surface area (Å²) in [5.41, 5.74) is 0. The van der Waals surface area contributed by atoms with Crippen LogP contribution in [0.1, 0.15) is 90.9 Å². The lowest BCUT2D eigenvalue weighted by Crippen LogP contribution is -3.16. The van der Waals surface area contributed by atoms with Crippen molar-refractivity contribution in [3.8, 4) is 0 Å². The molecule has 0 radical (unpaired) electrons. The Labute approximate surface area is 127 Å². The zero-order chi connectivity index (χ0) is 13.1. The Morgan fingerprint density at radius 3 is 2.00 bits per heavy atom. The minimum atomic E-state index is 0. The van der Waals surface area contributed by atoms with E-state index in [0.29, 0.717) is 0 Å². The molecule has 0 spiro atoms. The monoisotopic (exact) mass is 289 g/mol. The van der Waals surface area contributed by atoms with E-state index in [1.165, 1.54) is 90.1 Å². The summed E-state index contributed by atoms with van der Waals surface area (Å²) in [6, 6.07) is 0.938. The smallest absolute Gasteiger partial charge is 0.0846 e. The van der Waals surface area contributed by atoms with Crippen LogP contribution in [0, 0.1) is 0 Å². The average Bonchev–Trinajstić information content (AvgIpc) is 2.39. The molecule has 0 saturated carbocycles. The number of unbranched alkanes of at least 4 members (excludes halogenated alkanes) is 8. The quantitative estimate of drug-likeness (QED) is 0.572. The fourth-order valence-electron chi connectivity index (χ4n) is 3.29. The van der Waals surface area contributed by atoms with E-state index in [-0.39, 0.29) is 12.4 Å². The number of quaternary nitrogens is 1. The Kier molecular flexibility index (Phi) is 13.4. The summed E-state index contributed by atoms with van der Waals surface area (Å²) in [5.74, 6) is 0. The van der Waals surface area contributed by atoms with Gasteiger partial charge in [0.15, 0.2) is 0 Å². The highest BCUT2D eigenvalue weighted by atomic mass is 35.5. The van der Waals surface area contributed by atoms with Gasteiger partial charge < -0.3 is 17.3 Å². The van der Waals surface area contributed by atoms with Gasteiger partial charge in [0, 0.05) is 0 Å². The first-order valence-electron chi connectivity index (χ1n) is 8.69. The Morgan fingerprint density at radius 1 is 0.842 bits per heavy atom. The minimum absolute atomic E-state index is 0. The highest BCUT2D eigenvalue weighted by Crippen LogP contribution is 2.09. The predicted octanol–water partition coefficient (Wildman–Crippen LogP) is 0.979. The second kappa shape index (κ2) is 13.2. The van der Waals surface area contributed by atoms with E-state index in [0.717, 1.165) is 6.04 Å². The van der Waals surface area contributed by atoms with Crippen molar-refractivity contribution in [1.29, 1.82) is 0 Å². The van der Waals surface area contributed by atoms with Gasteiger partial charge in [-0.25, -0.2) is 0 Å². The van der Waals surface area contributed by atoms with Crippen molar-refractivity contribution in [1.82, 2.24) is 0 Å². The van der Waals surface area contributed by atoms with Gasteiger partial charge in [0.05, 0.1) is 19.1 Å². The topological polar surface area (TPSA) is 4.44 Å². The van der Waals surface area contributed by atoms with E-state index in [2.05, 4.69) is 13.8 Å². The number of hydrogen-bond acceptors (Lipinski definition) is 0. The fourth-order valence-corrected chi connectivity index (χ4v) is 3.29. The standard InChI is InChI=1S/C17H35N.ClH/c1-3-4-5-6-7-8-9-10-12-15-18-16-13-11-14-17(18)2;/h17H,3-16H2,1-2H3;1H. The summed E-state index contributed by atoms with van der Waals surface area (Å²) < 4.78 is 0. The van der Waals surface area contributed by atoms with Gasteiger partial charge in [0.1, 0.15) is 0 Å². The Hall–Kier alpha value is 0.250. The van der Waals surface area contributed by atoms with Gasteiger partial charge in [-0.15, -0.1) is 0 Å². The molecule has 19 heavy (non-hydrogen) atoms. The van der Waals surface area contributed by atoms with Gasteiger partial charge in [-0.05, 0) is 39.0 Å². The number of piperidine rings is 1. The van der Waals surface area contributed by atoms with Gasteiger partial charge in [0.25, 0.3) is 0 Å². The molecule has 1 heterocycles. The first-order chi connectivity index (χ1) is 8.84. The van der Waals surface area contributed by atoms with E-state index in [1.807, 2.05) is 4.90 Å². The molecule has 1 fully saturated rings. The first-order valence-corrected chi connectivity index (χ1v) is 8.69. The molecule has 0 amide bonds. The Balaban J connectivity index is 0.00000324. The Morgan fingerprint density at radius 2 is 1.42 bits per heavy atom. The third-order valence-corrected chi connectivity index (χ3v) is 4.68. The van der Waals surface area contributed by atoms with Crippen molar-refractivity contribution in [2.75, 3.05) is 13.1 Å². The van der Waals surface area contributed by atoms with Gasteiger partial charge in [0.2, 0.25) is 0 Å². The predicted molar refractivity (Wildman–Crippen MR) is 81.2 cm³/mol. The molecule has 1 rings (SSSR count). The summed E-state index contributed by atoms with van der Waals surface area (Å²) in [4.78, 5) is 1.89. The molecule has 2 unspecified atom stereocenters. The first kappa shape index (κ1) is 19.2. The molecule has 1 N–H and O–H groups in total. The molecular formula is C17H36ClN. The number of nitrogens with one attached hydrogen (secondary N) is 1. The van der Waals surface area contributed by atoms with Crippen molar-refractivity contribution in [3.05, 3.63) is 0 Å². The molecule has 2 atom stereocenters. The normalized spacial score (nSPS) is 23.1. The molecule has 1 nitrogen and oxygen atoms in total. The number of likely N-dealkylation sites (tertiary alicyclic amines) is 1. The van der Waals surface area contributed by atoms with E-state index >= 15 is 0 Å². The van der Waals surface area contributed by atoms with Crippen molar-refractivity contribution in [2.24, 2.45) is 0 Å². The maximum absolute atomic E-state index is 2.45. The number of rotatable bonds is 10. The maximum atomic E-state index is 2.45. The van der Waals surface area contributed by atoms with Gasteiger partial charge in [-0.2, -0.15) is 0 Å². The molecule has 0 aliphatic carbocycles. The van der Waals surface area contributed by atoms with Gasteiger partial charge >= 0.3 is 0 Å². The number of hydrogen-bond donors (Lipinski definition) is 1. The molecule has 1 aliphatic heterocycles. The highest BCUT2D eigenvalue weighted by molar-refractivity contribution is 4.55. The fraction of sp³-hybridized carbons (Fsp3) is 1.00. The van der Waals surface area contributed by atoms with Crippen LogP contribution in [-0.4, -0.2) is 19.1 Å². The Bertz CT molecular complexity index is 184. The maximum Gasteiger partial charge on any atom is 0.0846 e. The van der Waals surface area contributed by atoms with Crippen LogP contribution in [0.5, 0.6) is 0 Å². The third-order valence-electron chi connectivity index (χ3n) is 4.68. The van der Waals surface area contributed by atoms with E-state index in [4.69, 9.17) is 0 Å². The molecule has 0 aromatic heterocycles. The van der Waals surface area contributed by atoms with Gasteiger partial charge in [-0.3, -0.25) is 0 Å². The lowest BCUT2D eigenvalue weighted by molar-refractivity contribution is -0.928. The lowest BCUT2D eigenvalue weighted by Gasteiger charge is -2.30. The SMILES string of the molecule is CCCCCCCCCCC[NH+]1CCCCC1C.[Cl-]. The second-order valence-corrected chi connectivity index (χ2v) is 6.38. The van der Waals surface area contributed by atoms with Crippen LogP contribution in [0.3, 0.4) is 0 Å². The van der Waals surface area contributed by atoms with E-state index in [1.54, 1.807) is 0 Å². The van der Waals surface area contributed by atoms with E-state index in [9.17, 15) is 0 Å². The zero-order valence-electron chi connectivity index (χ0n) is 13.4. The molecule has 2 heteroatoms. The summed E-state index contributed by atoms with van der Waals surface area (Å²) >= 11 is 0. The van der Waals surface area contributed by atoms with Crippen LogP contribution in [0.15, 0.2) is 0 Å². The van der Waals surface area contributed by atoms with Crippen LogP contribution >= 0.6 is 0 Å². The van der Waals surface area contributed by atoms with Crippen LogP contribution in [-0.2, 0) is 0 Å². The third kappa shape index (κ3) is 9.73. The summed E-state index contributed by atoms with van der Waals surface area (Å²) in [7, 11) is 0. The molecule has 116 valence electrons. The zero-order valence-corrected chi connectivity index (χ0v) is 14.1. The number of halogens is 1. The molecule has 1 saturated heterocycles. The molecule has 0 aromatic carbocycles. The summed E-state index contributed by atoms with van der Waals surface area (Å²) in [5, 5.41) is 0. The molecule has 0 bridgehead atoms. The highest BCUT2D eigenvalue weighted by Gasteiger charge is 2.20. The molecule has 0 aromatic rings. The van der Waals surface area contributed by atoms with Crippen LogP contribution in [0.25, 0.3) is 0 Å². The average molecular weight is 290 g/mol. The largest absolute Gasteiger partial charge is 1.00 e. The molecule has 1 aliphatic rings. The van der Waals surface area contributed by atoms with Crippen LogP contribution in [0.2, 0.25) is 0 Å². The van der Waals surface area contributed by atoms with Gasteiger partial charge in [-0.1, -0.05) is 51.9 Å².